The number of carbonyl (C=O) groups is 2. The summed E-state index contributed by atoms with van der Waals surface area (Å²) in [6, 6.07) is 8.37. The van der Waals surface area contributed by atoms with Crippen LogP contribution in [0.4, 0.5) is 0 Å². The molecule has 0 saturated heterocycles. The second kappa shape index (κ2) is 14.6. The number of nitrogens with one attached hydrogen (secondary N) is 3. The van der Waals surface area contributed by atoms with Crippen molar-refractivity contribution in [3.8, 4) is 0 Å². The van der Waals surface area contributed by atoms with Gasteiger partial charge in [-0.3, -0.25) is 14.6 Å². The first-order chi connectivity index (χ1) is 22.9. The highest BCUT2D eigenvalue weighted by Gasteiger charge is 2.30. The third-order valence-electron chi connectivity index (χ3n) is 9.76. The van der Waals surface area contributed by atoms with Crippen molar-refractivity contribution in [1.82, 2.24) is 30.2 Å². The van der Waals surface area contributed by atoms with Gasteiger partial charge in [0.2, 0.25) is 5.91 Å². The molecule has 0 radical (unpaired) electrons. The zero-order valence-electron chi connectivity index (χ0n) is 29.3. The first kappa shape index (κ1) is 34.6. The molecule has 3 N–H and O–H groups in total. The van der Waals surface area contributed by atoms with Crippen LogP contribution < -0.4 is 5.32 Å². The molecule has 252 valence electrons. The minimum atomic E-state index is -0.239. The molecule has 3 aromatic heterocycles. The number of rotatable bonds is 11. The second-order valence-corrected chi connectivity index (χ2v) is 13.1. The van der Waals surface area contributed by atoms with Gasteiger partial charge in [-0.15, -0.1) is 0 Å². The van der Waals surface area contributed by atoms with E-state index in [9.17, 15) is 9.59 Å². The summed E-state index contributed by atoms with van der Waals surface area (Å²) in [7, 11) is 5.40. The highest BCUT2D eigenvalue weighted by Crippen LogP contribution is 2.41. The molecule has 2 unspecified atom stereocenters. The van der Waals surface area contributed by atoms with E-state index in [4.69, 9.17) is 14.7 Å². The monoisotopic (exact) mass is 648 g/mol. The lowest BCUT2D eigenvalue weighted by molar-refractivity contribution is -0.140. The molecule has 5 rings (SSSR count). The fraction of sp³-hybridized carbons (Fsp3) is 0.385. The van der Waals surface area contributed by atoms with Gasteiger partial charge in [-0.05, 0) is 94.2 Å². The number of H-pyrrole nitrogens is 2. The zero-order chi connectivity index (χ0) is 34.7. The molecule has 48 heavy (non-hydrogen) atoms. The molecular formula is C39H48N6O3. The molecule has 0 aromatic carbocycles. The molecule has 2 aliphatic rings. The maximum absolute atomic E-state index is 12.9. The van der Waals surface area contributed by atoms with Crippen LogP contribution >= 0.6 is 0 Å². The summed E-state index contributed by atoms with van der Waals surface area (Å²) >= 11 is 0. The van der Waals surface area contributed by atoms with E-state index >= 15 is 0 Å². The van der Waals surface area contributed by atoms with Crippen LogP contribution in [-0.4, -0.2) is 71.0 Å². The molecule has 1 amide bonds. The van der Waals surface area contributed by atoms with Gasteiger partial charge in [0, 0.05) is 82.4 Å². The van der Waals surface area contributed by atoms with Crippen LogP contribution in [0.25, 0.3) is 39.3 Å². The predicted molar refractivity (Wildman–Crippen MR) is 196 cm³/mol. The molecule has 9 heteroatoms. The number of allylic oxidation sites excluding steroid dienone is 3. The Morgan fingerprint density at radius 2 is 1.60 bits per heavy atom. The lowest BCUT2D eigenvalue weighted by atomic mass is 9.87. The normalized spacial score (nSPS) is 15.9. The average molecular weight is 649 g/mol. The first-order valence-electron chi connectivity index (χ1n) is 16.6. The fourth-order valence-electron chi connectivity index (χ4n) is 6.74. The van der Waals surface area contributed by atoms with Crippen molar-refractivity contribution in [3.05, 3.63) is 88.5 Å². The van der Waals surface area contributed by atoms with E-state index in [0.29, 0.717) is 32.2 Å². The lowest BCUT2D eigenvalue weighted by Gasteiger charge is -2.15. The van der Waals surface area contributed by atoms with Crippen molar-refractivity contribution in [2.75, 3.05) is 34.3 Å². The van der Waals surface area contributed by atoms with Gasteiger partial charge in [-0.2, -0.15) is 0 Å². The molecule has 5 heterocycles. The Morgan fingerprint density at radius 1 is 0.917 bits per heavy atom. The Balaban J connectivity index is 1.77. The highest BCUT2D eigenvalue weighted by molar-refractivity contribution is 5.97. The smallest absolute Gasteiger partial charge is 0.305 e. The molecule has 0 spiro atoms. The van der Waals surface area contributed by atoms with E-state index in [0.717, 1.165) is 84.8 Å². The van der Waals surface area contributed by atoms with Gasteiger partial charge in [-0.25, -0.2) is 4.98 Å². The minimum absolute atomic E-state index is 0.00155. The number of hydrogen-bond donors (Lipinski definition) is 3. The molecule has 2 aliphatic heterocycles. The lowest BCUT2D eigenvalue weighted by Crippen LogP contribution is -2.31. The number of ether oxygens (including phenoxy) is 1. The number of esters is 1. The number of amides is 1. The van der Waals surface area contributed by atoms with Gasteiger partial charge in [0.1, 0.15) is 0 Å². The molecule has 3 aromatic rings. The Morgan fingerprint density at radius 3 is 2.29 bits per heavy atom. The number of aryl methyl sites for hydroxylation is 3. The summed E-state index contributed by atoms with van der Waals surface area (Å²) in [5.41, 5.74) is 13.4. The van der Waals surface area contributed by atoms with Crippen LogP contribution in [0.1, 0.15) is 90.0 Å². The van der Waals surface area contributed by atoms with E-state index in [2.05, 4.69) is 80.4 Å². The summed E-state index contributed by atoms with van der Waals surface area (Å²) in [5, 5.41) is 3.04. The van der Waals surface area contributed by atoms with Crippen LogP contribution in [0.15, 0.2) is 43.5 Å². The Labute approximate surface area is 283 Å². The summed E-state index contributed by atoms with van der Waals surface area (Å²) in [4.78, 5) is 44.7. The van der Waals surface area contributed by atoms with Crippen LogP contribution in [0, 0.1) is 13.8 Å². The van der Waals surface area contributed by atoms with Gasteiger partial charge >= 0.3 is 5.97 Å². The molecular weight excluding hydrogens is 600 g/mol. The third-order valence-corrected chi connectivity index (χ3v) is 9.76. The predicted octanol–water partition coefficient (Wildman–Crippen LogP) is 7.14. The van der Waals surface area contributed by atoms with Gasteiger partial charge in [0.05, 0.1) is 18.5 Å². The van der Waals surface area contributed by atoms with Crippen LogP contribution in [-0.2, 0) is 20.7 Å². The first-order valence-corrected chi connectivity index (χ1v) is 16.6. The quantitative estimate of drug-likeness (QED) is 0.190. The SMILES string of the molecule is C=CC1=C(C)c2cc3[nH]c(cc4nc(cc5[nH]c(cc1n2)c(C)c5CCC(=O)NCCN(C)C)C(CCC(=O)OC)C4C)c(C)c3C=C. The molecule has 0 aliphatic carbocycles. The fourth-order valence-corrected chi connectivity index (χ4v) is 6.74. The molecule has 8 bridgehead atoms. The summed E-state index contributed by atoms with van der Waals surface area (Å²) < 4.78 is 5.00. The maximum atomic E-state index is 12.9. The van der Waals surface area contributed by atoms with E-state index in [1.807, 2.05) is 31.1 Å². The minimum Gasteiger partial charge on any atom is -0.469 e. The molecule has 0 saturated carbocycles. The van der Waals surface area contributed by atoms with Crippen molar-refractivity contribution in [3.63, 3.8) is 0 Å². The van der Waals surface area contributed by atoms with E-state index in [1.54, 1.807) is 0 Å². The van der Waals surface area contributed by atoms with Gasteiger partial charge < -0.3 is 24.9 Å². The molecule has 0 fully saturated rings. The number of carbonyl (C=O) groups excluding carboxylic acids is 2. The van der Waals surface area contributed by atoms with Crippen LogP contribution in [0.5, 0.6) is 0 Å². The number of nitrogens with zero attached hydrogens (tertiary/aromatic N) is 3. The summed E-state index contributed by atoms with van der Waals surface area (Å²) in [6.45, 7) is 18.0. The number of likely N-dealkylation sites (N-methyl/N-ethyl adjacent to an activating group) is 1. The Kier molecular flexibility index (Phi) is 10.5. The van der Waals surface area contributed by atoms with E-state index in [-0.39, 0.29) is 23.7 Å². The van der Waals surface area contributed by atoms with Gasteiger partial charge in [0.25, 0.3) is 0 Å². The average Bonchev–Trinajstić information content (AvgIpc) is 3.71. The zero-order valence-corrected chi connectivity index (χ0v) is 29.3. The number of aromatic nitrogens is 4. The van der Waals surface area contributed by atoms with Gasteiger partial charge in [0.15, 0.2) is 0 Å². The van der Waals surface area contributed by atoms with E-state index in [1.165, 1.54) is 7.11 Å². The number of hydrogen-bond acceptors (Lipinski definition) is 6. The summed E-state index contributed by atoms with van der Waals surface area (Å²) in [6.07, 6.45) is 5.55. The largest absolute Gasteiger partial charge is 0.469 e. The topological polar surface area (TPSA) is 116 Å². The number of aromatic amines is 2. The van der Waals surface area contributed by atoms with Crippen molar-refractivity contribution in [2.24, 2.45) is 0 Å². The van der Waals surface area contributed by atoms with Crippen molar-refractivity contribution < 1.29 is 14.3 Å². The maximum Gasteiger partial charge on any atom is 0.305 e. The third kappa shape index (κ3) is 7.06. The Bertz CT molecular complexity index is 1960. The molecule has 9 nitrogen and oxygen atoms in total. The number of fused-ring (bicyclic) bond motifs is 8. The van der Waals surface area contributed by atoms with E-state index < -0.39 is 0 Å². The highest BCUT2D eigenvalue weighted by atomic mass is 16.5. The van der Waals surface area contributed by atoms with Crippen LogP contribution in [0.3, 0.4) is 0 Å². The Hall–Kier alpha value is -4.76. The second-order valence-electron chi connectivity index (χ2n) is 13.1. The van der Waals surface area contributed by atoms with Gasteiger partial charge in [-0.1, -0.05) is 32.2 Å². The van der Waals surface area contributed by atoms with Crippen molar-refractivity contribution in [1.29, 1.82) is 0 Å². The number of methoxy groups -OCH3 is 1. The van der Waals surface area contributed by atoms with Crippen LogP contribution in [0.2, 0.25) is 0 Å². The standard InChI is InChI=1S/C39H48N6O3/c1-10-26-22(3)30-18-31-25(6)29(13-15-39(47)48-9)37(43-31)21-36-28(12-14-38(46)40-16-17-45(7)8)24(5)33(44-36)20-35-27(11-2)23(4)32(42-35)19-34(26)41-30/h10-11,18-21,25,29,41,44H,1-2,12-17H2,3-9H3,(H,40,46). The summed E-state index contributed by atoms with van der Waals surface area (Å²) in [5.74, 6) is -0.166. The van der Waals surface area contributed by atoms with Crippen molar-refractivity contribution in [2.45, 2.75) is 65.2 Å². The van der Waals surface area contributed by atoms with Crippen molar-refractivity contribution >= 4 is 51.2 Å². The molecule has 2 atom stereocenters.